The van der Waals surface area contributed by atoms with Gasteiger partial charge < -0.3 is 13.8 Å². The van der Waals surface area contributed by atoms with E-state index in [1.165, 1.54) is 0 Å². The number of esters is 2. The van der Waals surface area contributed by atoms with Crippen molar-refractivity contribution in [1.82, 2.24) is 0 Å². The quantitative estimate of drug-likeness (QED) is 0.404. The lowest BCUT2D eigenvalue weighted by Crippen LogP contribution is -2.18. The van der Waals surface area contributed by atoms with Gasteiger partial charge in [0, 0.05) is 0 Å². The van der Waals surface area contributed by atoms with E-state index >= 15 is 0 Å². The fraction of sp³-hybridized carbons (Fsp3) is 0.750. The van der Waals surface area contributed by atoms with E-state index in [2.05, 4.69) is 4.74 Å². The molecule has 1 rings (SSSR count). The molecule has 0 aliphatic carbocycles. The second-order valence-corrected chi connectivity index (χ2v) is 5.11. The van der Waals surface area contributed by atoms with E-state index in [1.54, 1.807) is 13.8 Å². The SMILES string of the molecule is CCOP(=O)(OCC)C1CC(=O)OC1=O. The summed E-state index contributed by atoms with van der Waals surface area (Å²) in [5.41, 5.74) is -1.11. The molecule has 0 saturated carbocycles. The van der Waals surface area contributed by atoms with Crippen LogP contribution < -0.4 is 0 Å². The highest BCUT2D eigenvalue weighted by Crippen LogP contribution is 2.55. The zero-order valence-electron chi connectivity index (χ0n) is 8.60. The van der Waals surface area contributed by atoms with Crippen molar-refractivity contribution >= 4 is 19.5 Å². The Morgan fingerprint density at radius 2 is 1.87 bits per heavy atom. The summed E-state index contributed by atoms with van der Waals surface area (Å²) in [4.78, 5) is 22.0. The molecule has 0 amide bonds. The predicted molar refractivity (Wildman–Crippen MR) is 50.4 cm³/mol. The summed E-state index contributed by atoms with van der Waals surface area (Å²) >= 11 is 0. The summed E-state index contributed by atoms with van der Waals surface area (Å²) < 4.78 is 26.3. The number of carbonyl (C=O) groups excluding carboxylic acids is 2. The first kappa shape index (κ1) is 12.4. The fourth-order valence-corrected chi connectivity index (χ4v) is 3.12. The molecule has 0 aromatic rings. The zero-order valence-corrected chi connectivity index (χ0v) is 9.49. The lowest BCUT2D eigenvalue weighted by Gasteiger charge is -2.19. The summed E-state index contributed by atoms with van der Waals surface area (Å²) in [5.74, 6) is -1.52. The zero-order chi connectivity index (χ0) is 11.5. The van der Waals surface area contributed by atoms with Gasteiger partial charge >= 0.3 is 19.5 Å². The van der Waals surface area contributed by atoms with E-state index in [4.69, 9.17) is 9.05 Å². The van der Waals surface area contributed by atoms with Gasteiger partial charge in [-0.25, -0.2) is 0 Å². The maximum absolute atomic E-state index is 12.1. The molecular formula is C8H13O6P. The van der Waals surface area contributed by atoms with Crippen molar-refractivity contribution in [2.24, 2.45) is 0 Å². The summed E-state index contributed by atoms with van der Waals surface area (Å²) in [5, 5.41) is 0. The van der Waals surface area contributed by atoms with Crippen molar-refractivity contribution in [3.63, 3.8) is 0 Å². The minimum absolute atomic E-state index is 0.148. The van der Waals surface area contributed by atoms with Crippen molar-refractivity contribution in [2.75, 3.05) is 13.2 Å². The molecule has 0 spiro atoms. The maximum Gasteiger partial charge on any atom is 0.345 e. The molecule has 1 heterocycles. The molecule has 1 aliphatic rings. The van der Waals surface area contributed by atoms with E-state index < -0.39 is 25.2 Å². The Labute approximate surface area is 87.4 Å². The third-order valence-electron chi connectivity index (χ3n) is 1.85. The van der Waals surface area contributed by atoms with Gasteiger partial charge in [0.2, 0.25) is 0 Å². The van der Waals surface area contributed by atoms with Crippen molar-refractivity contribution in [3.05, 3.63) is 0 Å². The molecule has 1 unspecified atom stereocenters. The van der Waals surface area contributed by atoms with Crippen molar-refractivity contribution in [3.8, 4) is 0 Å². The van der Waals surface area contributed by atoms with Crippen molar-refractivity contribution in [1.29, 1.82) is 0 Å². The van der Waals surface area contributed by atoms with E-state index in [-0.39, 0.29) is 19.6 Å². The summed E-state index contributed by atoms with van der Waals surface area (Å²) in [6, 6.07) is 0. The molecule has 7 heteroatoms. The van der Waals surface area contributed by atoms with E-state index in [0.717, 1.165) is 0 Å². The van der Waals surface area contributed by atoms with Gasteiger partial charge in [-0.2, -0.15) is 0 Å². The lowest BCUT2D eigenvalue weighted by atomic mass is 10.4. The highest BCUT2D eigenvalue weighted by Gasteiger charge is 2.49. The Morgan fingerprint density at radius 3 is 2.20 bits per heavy atom. The number of carbonyl (C=O) groups is 2. The van der Waals surface area contributed by atoms with Gasteiger partial charge in [-0.1, -0.05) is 0 Å². The molecule has 0 aromatic carbocycles. The fourth-order valence-electron chi connectivity index (χ4n) is 1.28. The second-order valence-electron chi connectivity index (χ2n) is 2.89. The lowest BCUT2D eigenvalue weighted by molar-refractivity contribution is -0.151. The number of ether oxygens (including phenoxy) is 1. The van der Waals surface area contributed by atoms with Crippen LogP contribution in [-0.4, -0.2) is 30.8 Å². The second kappa shape index (κ2) is 4.88. The van der Waals surface area contributed by atoms with Crippen LogP contribution in [0.25, 0.3) is 0 Å². The Balaban J connectivity index is 2.84. The van der Waals surface area contributed by atoms with Crippen molar-refractivity contribution in [2.45, 2.75) is 25.9 Å². The predicted octanol–water partition coefficient (Wildman–Crippen LogP) is 1.09. The number of hydrogen-bond acceptors (Lipinski definition) is 6. The smallest absolute Gasteiger partial charge is 0.345 e. The summed E-state index contributed by atoms with van der Waals surface area (Å²) in [6.45, 7) is 3.56. The van der Waals surface area contributed by atoms with Crippen LogP contribution in [0.5, 0.6) is 0 Å². The Kier molecular flexibility index (Phi) is 4.02. The molecule has 15 heavy (non-hydrogen) atoms. The molecule has 1 saturated heterocycles. The van der Waals surface area contributed by atoms with Gasteiger partial charge in [0.15, 0.2) is 5.66 Å². The third-order valence-corrected chi connectivity index (χ3v) is 4.24. The normalized spacial score (nSPS) is 21.9. The molecule has 86 valence electrons. The highest BCUT2D eigenvalue weighted by molar-refractivity contribution is 7.55. The van der Waals surface area contributed by atoms with E-state index in [1.807, 2.05) is 0 Å². The van der Waals surface area contributed by atoms with E-state index in [0.29, 0.717) is 0 Å². The van der Waals surface area contributed by atoms with Crippen molar-refractivity contribution < 1.29 is 27.9 Å². The van der Waals surface area contributed by atoms with Crippen LogP contribution >= 0.6 is 7.60 Å². The van der Waals surface area contributed by atoms with Crippen LogP contribution in [-0.2, 0) is 27.9 Å². The maximum atomic E-state index is 12.1. The first-order valence-electron chi connectivity index (χ1n) is 4.66. The van der Waals surface area contributed by atoms with Crippen LogP contribution in [0.15, 0.2) is 0 Å². The molecule has 1 fully saturated rings. The van der Waals surface area contributed by atoms with Crippen LogP contribution in [0, 0.1) is 0 Å². The van der Waals surface area contributed by atoms with Crippen LogP contribution in [0.4, 0.5) is 0 Å². The first-order chi connectivity index (χ1) is 7.03. The molecule has 0 N–H and O–H groups in total. The average molecular weight is 236 g/mol. The van der Waals surface area contributed by atoms with Gasteiger partial charge in [-0.3, -0.25) is 14.2 Å². The molecule has 0 aromatic heterocycles. The highest BCUT2D eigenvalue weighted by atomic mass is 31.2. The monoisotopic (exact) mass is 236 g/mol. The molecule has 6 nitrogen and oxygen atoms in total. The van der Waals surface area contributed by atoms with Gasteiger partial charge in [0.25, 0.3) is 0 Å². The molecule has 1 atom stereocenters. The van der Waals surface area contributed by atoms with Gasteiger partial charge in [-0.15, -0.1) is 0 Å². The summed E-state index contributed by atoms with van der Waals surface area (Å²) in [6.07, 6.45) is -0.240. The number of rotatable bonds is 5. The van der Waals surface area contributed by atoms with Crippen LogP contribution in [0.1, 0.15) is 20.3 Å². The van der Waals surface area contributed by atoms with Crippen LogP contribution in [0.2, 0.25) is 0 Å². The minimum Gasteiger partial charge on any atom is -0.392 e. The Morgan fingerprint density at radius 1 is 1.33 bits per heavy atom. The number of cyclic esters (lactones) is 2. The standard InChI is InChI=1S/C8H13O6P/c1-3-12-15(11,13-4-2)6-5-7(9)14-8(6)10/h6H,3-5H2,1-2H3. The van der Waals surface area contributed by atoms with Gasteiger partial charge in [-0.05, 0) is 13.8 Å². The molecule has 0 radical (unpaired) electrons. The molecule has 0 bridgehead atoms. The Hall–Kier alpha value is -0.710. The Bertz CT molecular complexity index is 302. The summed E-state index contributed by atoms with van der Waals surface area (Å²) in [7, 11) is -3.56. The van der Waals surface area contributed by atoms with Gasteiger partial charge in [0.1, 0.15) is 0 Å². The third kappa shape index (κ3) is 2.65. The molecule has 1 aliphatic heterocycles. The topological polar surface area (TPSA) is 78.9 Å². The first-order valence-corrected chi connectivity index (χ1v) is 6.28. The van der Waals surface area contributed by atoms with Gasteiger partial charge in [0.05, 0.1) is 19.6 Å². The number of hydrogen-bond donors (Lipinski definition) is 0. The largest absolute Gasteiger partial charge is 0.392 e. The van der Waals surface area contributed by atoms with E-state index in [9.17, 15) is 14.2 Å². The minimum atomic E-state index is -3.56. The molecular weight excluding hydrogens is 223 g/mol. The average Bonchev–Trinajstić information content (AvgIpc) is 2.46. The van der Waals surface area contributed by atoms with Crippen LogP contribution in [0.3, 0.4) is 0 Å².